The second-order valence-electron chi connectivity index (χ2n) is 6.89. The topological polar surface area (TPSA) is 82.0 Å². The quantitative estimate of drug-likeness (QED) is 0.486. The molecule has 6 nitrogen and oxygen atoms in total. The van der Waals surface area contributed by atoms with Gasteiger partial charge < -0.3 is 24.9 Å². The van der Waals surface area contributed by atoms with E-state index in [0.29, 0.717) is 6.42 Å². The molecule has 1 atom stereocenters. The van der Waals surface area contributed by atoms with Crippen molar-refractivity contribution in [3.8, 4) is 0 Å². The highest BCUT2D eigenvalue weighted by Gasteiger charge is 2.21. The summed E-state index contributed by atoms with van der Waals surface area (Å²) in [5.41, 5.74) is 5.10. The first-order chi connectivity index (χ1) is 12.7. The summed E-state index contributed by atoms with van der Waals surface area (Å²) in [6.45, 7) is 3.98. The molecule has 0 aliphatic heterocycles. The number of hydrogen-bond acceptors (Lipinski definition) is 5. The Morgan fingerprint density at radius 2 is 1.81 bits per heavy atom. The summed E-state index contributed by atoms with van der Waals surface area (Å²) in [6, 6.07) is 13.7. The molecule has 0 aromatic heterocycles. The van der Waals surface area contributed by atoms with E-state index in [1.165, 1.54) is 0 Å². The van der Waals surface area contributed by atoms with Crippen molar-refractivity contribution in [2.75, 3.05) is 19.0 Å². The summed E-state index contributed by atoms with van der Waals surface area (Å²) in [5.74, 6) is -0.247. The second kappa shape index (κ2) is 9.55. The van der Waals surface area contributed by atoms with E-state index in [2.05, 4.69) is 5.32 Å². The molecule has 0 spiro atoms. The number of aryl methyl sites for hydroxylation is 2. The summed E-state index contributed by atoms with van der Waals surface area (Å²) in [7, 11) is 1.95. The maximum atomic E-state index is 12.4. The monoisotopic (exact) mass is 370 g/mol. The first kappa shape index (κ1) is 21.0. The van der Waals surface area contributed by atoms with E-state index in [-0.39, 0.29) is 12.3 Å². The van der Waals surface area contributed by atoms with Crippen molar-refractivity contribution in [1.29, 1.82) is 0 Å². The minimum Gasteiger partial charge on any atom is -0.402 e. The number of hydrogen-bond donors (Lipinski definition) is 3. The van der Waals surface area contributed by atoms with Crippen LogP contribution in [0, 0.1) is 13.8 Å². The number of benzene rings is 2. The first-order valence-electron chi connectivity index (χ1n) is 8.88. The van der Waals surface area contributed by atoms with Crippen LogP contribution >= 0.6 is 0 Å². The van der Waals surface area contributed by atoms with Crippen LogP contribution in [0.2, 0.25) is 0 Å². The molecule has 2 aromatic rings. The molecule has 0 aliphatic carbocycles. The van der Waals surface area contributed by atoms with Gasteiger partial charge in [-0.2, -0.15) is 0 Å². The number of nitrogens with one attached hydrogen (secondary N) is 1. The van der Waals surface area contributed by atoms with E-state index in [0.717, 1.165) is 27.9 Å². The Bertz CT molecular complexity index is 763. The van der Waals surface area contributed by atoms with Crippen LogP contribution in [-0.2, 0) is 22.3 Å². The summed E-state index contributed by atoms with van der Waals surface area (Å²) in [5, 5.41) is 21.1. The second-order valence-corrected chi connectivity index (χ2v) is 6.89. The fourth-order valence-corrected chi connectivity index (χ4v) is 2.88. The van der Waals surface area contributed by atoms with Crippen LogP contribution in [0.25, 0.3) is 0 Å². The third kappa shape index (κ3) is 6.71. The van der Waals surface area contributed by atoms with Crippen LogP contribution in [0.3, 0.4) is 0 Å². The Balaban J connectivity index is 2.02. The predicted octanol–water partition coefficient (Wildman–Crippen LogP) is 1.58. The molecular formula is C20H27BN2O4. The zero-order valence-electron chi connectivity index (χ0n) is 16.3. The average molecular weight is 370 g/mol. The van der Waals surface area contributed by atoms with Crippen LogP contribution in [0.15, 0.2) is 42.5 Å². The Hall–Kier alpha value is -2.35. The normalized spacial score (nSPS) is 11.8. The lowest BCUT2D eigenvalue weighted by atomic mass is 10.0. The summed E-state index contributed by atoms with van der Waals surface area (Å²) in [4.78, 5) is 14.4. The van der Waals surface area contributed by atoms with Crippen molar-refractivity contribution in [3.05, 3.63) is 64.7 Å². The van der Waals surface area contributed by atoms with Gasteiger partial charge in [-0.3, -0.25) is 4.79 Å². The summed E-state index contributed by atoms with van der Waals surface area (Å²) < 4.78 is 5.07. The number of anilines is 1. The van der Waals surface area contributed by atoms with E-state index < -0.39 is 13.5 Å². The molecule has 0 radical (unpaired) electrons. The largest absolute Gasteiger partial charge is 0.635 e. The third-order valence-electron chi connectivity index (χ3n) is 4.33. The van der Waals surface area contributed by atoms with Gasteiger partial charge in [0.25, 0.3) is 0 Å². The molecular weight excluding hydrogens is 343 g/mol. The van der Waals surface area contributed by atoms with Crippen molar-refractivity contribution >= 4 is 18.9 Å². The minimum absolute atomic E-state index is 0.183. The Morgan fingerprint density at radius 3 is 2.37 bits per heavy atom. The predicted molar refractivity (Wildman–Crippen MR) is 107 cm³/mol. The van der Waals surface area contributed by atoms with Gasteiger partial charge in [-0.05, 0) is 42.7 Å². The minimum atomic E-state index is -1.96. The van der Waals surface area contributed by atoms with Crippen LogP contribution in [0.5, 0.6) is 0 Å². The molecule has 144 valence electrons. The van der Waals surface area contributed by atoms with Crippen LogP contribution in [-0.4, -0.2) is 43.6 Å². The number of amides is 1. The molecule has 0 fully saturated rings. The fourth-order valence-electron chi connectivity index (χ4n) is 2.88. The van der Waals surface area contributed by atoms with Crippen molar-refractivity contribution < 1.29 is 19.5 Å². The molecule has 0 bridgehead atoms. The van der Waals surface area contributed by atoms with E-state index in [9.17, 15) is 14.8 Å². The smallest absolute Gasteiger partial charge is 0.402 e. The number of carbonyl (C=O) groups is 1. The molecule has 0 unspecified atom stereocenters. The Labute approximate surface area is 161 Å². The number of rotatable bonds is 8. The zero-order chi connectivity index (χ0) is 20.0. The first-order valence-corrected chi connectivity index (χ1v) is 8.88. The maximum absolute atomic E-state index is 12.4. The molecule has 1 amide bonds. The van der Waals surface area contributed by atoms with Gasteiger partial charge >= 0.3 is 7.32 Å². The van der Waals surface area contributed by atoms with Gasteiger partial charge in [-0.15, -0.1) is 0 Å². The van der Waals surface area contributed by atoms with Crippen LogP contribution < -0.4 is 10.2 Å². The average Bonchev–Trinajstić information content (AvgIpc) is 2.57. The van der Waals surface area contributed by atoms with E-state index in [4.69, 9.17) is 4.65 Å². The Kier molecular flexibility index (Phi) is 7.41. The SMILES string of the molecule is Cc1ccc(C[C@H](NC(=O)Cc2ccc(N(C)C)cc2)OB(O)O)c(C)c1. The van der Waals surface area contributed by atoms with Crippen molar-refractivity contribution in [2.45, 2.75) is 32.9 Å². The van der Waals surface area contributed by atoms with Crippen LogP contribution in [0.4, 0.5) is 5.69 Å². The molecule has 0 saturated heterocycles. The van der Waals surface area contributed by atoms with E-state index in [1.807, 2.05) is 75.3 Å². The molecule has 0 heterocycles. The summed E-state index contributed by atoms with van der Waals surface area (Å²) >= 11 is 0. The van der Waals surface area contributed by atoms with Crippen molar-refractivity contribution in [1.82, 2.24) is 5.32 Å². The van der Waals surface area contributed by atoms with E-state index in [1.54, 1.807) is 0 Å². The molecule has 0 aliphatic rings. The highest BCUT2D eigenvalue weighted by molar-refractivity contribution is 6.32. The number of carbonyl (C=O) groups excluding carboxylic acids is 1. The van der Waals surface area contributed by atoms with Crippen molar-refractivity contribution in [2.24, 2.45) is 0 Å². The standard InChI is InChI=1S/C20H27BN2O4/c1-14-5-8-17(15(2)11-14)13-20(27-21(25)26)22-19(24)12-16-6-9-18(10-7-16)23(3)4/h5-11,20,25-26H,12-13H2,1-4H3,(H,22,24)/t20-/m1/s1. The Morgan fingerprint density at radius 1 is 1.15 bits per heavy atom. The molecule has 3 N–H and O–H groups in total. The molecule has 7 heteroatoms. The van der Waals surface area contributed by atoms with Crippen LogP contribution in [0.1, 0.15) is 22.3 Å². The zero-order valence-corrected chi connectivity index (χ0v) is 16.3. The van der Waals surface area contributed by atoms with Gasteiger partial charge in [0.2, 0.25) is 5.91 Å². The van der Waals surface area contributed by atoms with E-state index >= 15 is 0 Å². The molecule has 27 heavy (non-hydrogen) atoms. The third-order valence-corrected chi connectivity index (χ3v) is 4.33. The summed E-state index contributed by atoms with van der Waals surface area (Å²) in [6.07, 6.45) is -0.309. The van der Waals surface area contributed by atoms with Gasteiger partial charge in [0.1, 0.15) is 6.23 Å². The van der Waals surface area contributed by atoms with Gasteiger partial charge in [0.05, 0.1) is 6.42 Å². The van der Waals surface area contributed by atoms with Gasteiger partial charge in [-0.1, -0.05) is 35.9 Å². The van der Waals surface area contributed by atoms with Crippen molar-refractivity contribution in [3.63, 3.8) is 0 Å². The number of nitrogens with zero attached hydrogens (tertiary/aromatic N) is 1. The fraction of sp³-hybridized carbons (Fsp3) is 0.350. The lowest BCUT2D eigenvalue weighted by Gasteiger charge is -2.21. The molecule has 2 rings (SSSR count). The lowest BCUT2D eigenvalue weighted by molar-refractivity contribution is -0.123. The van der Waals surface area contributed by atoms with Gasteiger partial charge in [0.15, 0.2) is 0 Å². The lowest BCUT2D eigenvalue weighted by Crippen LogP contribution is -2.43. The van der Waals surface area contributed by atoms with Gasteiger partial charge in [-0.25, -0.2) is 0 Å². The highest BCUT2D eigenvalue weighted by atomic mass is 16.6. The molecule has 2 aromatic carbocycles. The molecule has 0 saturated carbocycles. The maximum Gasteiger partial charge on any atom is 0.635 e. The highest BCUT2D eigenvalue weighted by Crippen LogP contribution is 2.15. The van der Waals surface area contributed by atoms with Gasteiger partial charge in [0, 0.05) is 26.2 Å².